The number of nitrogens with one attached hydrogen (secondary N) is 2. The van der Waals surface area contributed by atoms with Crippen LogP contribution in [0.1, 0.15) is 149 Å². The Morgan fingerprint density at radius 3 is 2.04 bits per heavy atom. The summed E-state index contributed by atoms with van der Waals surface area (Å²) >= 11 is 1.50. The minimum absolute atomic E-state index is 0.119. The lowest BCUT2D eigenvalue weighted by atomic mass is 9.77. The number of carbonyl (C=O) groups excluding carboxylic acids is 2. The fourth-order valence-electron chi connectivity index (χ4n) is 7.26. The number of aromatic nitrogens is 2. The van der Waals surface area contributed by atoms with Crippen LogP contribution in [0.4, 0.5) is 0 Å². The molecule has 54 heavy (non-hydrogen) atoms. The van der Waals surface area contributed by atoms with Gasteiger partial charge in [0.1, 0.15) is 5.75 Å². The van der Waals surface area contributed by atoms with Gasteiger partial charge in [0.25, 0.3) is 0 Å². The van der Waals surface area contributed by atoms with Crippen molar-refractivity contribution in [1.29, 1.82) is 0 Å². The molecule has 1 unspecified atom stereocenters. The van der Waals surface area contributed by atoms with Crippen molar-refractivity contribution in [1.82, 2.24) is 15.3 Å². The molecule has 1 atom stereocenters. The maximum Gasteiger partial charge on any atom is 0.337 e. The summed E-state index contributed by atoms with van der Waals surface area (Å²) in [5.74, 6) is -0.621. The maximum atomic E-state index is 14.2. The first-order valence-electron chi connectivity index (χ1n) is 20.6. The molecule has 2 heterocycles. The van der Waals surface area contributed by atoms with E-state index in [1.807, 2.05) is 71.0 Å². The first-order valence-corrected chi connectivity index (χ1v) is 21.6. The fraction of sp³-hybridized carbons (Fsp3) is 0.578. The van der Waals surface area contributed by atoms with Crippen molar-refractivity contribution in [2.45, 2.75) is 162 Å². The van der Waals surface area contributed by atoms with Gasteiger partial charge in [-0.2, -0.15) is 0 Å². The molecule has 0 aliphatic carbocycles. The van der Waals surface area contributed by atoms with E-state index < -0.39 is 17.9 Å². The molecule has 0 spiro atoms. The van der Waals surface area contributed by atoms with Crippen molar-refractivity contribution in [2.75, 3.05) is 12.4 Å². The largest absolute Gasteiger partial charge is 0.491 e. The third kappa shape index (κ3) is 12.7. The van der Waals surface area contributed by atoms with E-state index in [0.717, 1.165) is 46.6 Å². The molecule has 1 aliphatic heterocycles. The van der Waals surface area contributed by atoms with Gasteiger partial charge in [-0.25, -0.2) is 14.6 Å². The molecule has 9 heteroatoms. The topological polar surface area (TPSA) is 103 Å². The van der Waals surface area contributed by atoms with Gasteiger partial charge in [0.05, 0.1) is 46.9 Å². The molecule has 296 valence electrons. The number of carbonyl (C=O) groups is 2. The van der Waals surface area contributed by atoms with E-state index in [9.17, 15) is 9.59 Å². The number of aromatic amines is 1. The van der Waals surface area contributed by atoms with Crippen molar-refractivity contribution in [3.63, 3.8) is 0 Å². The van der Waals surface area contributed by atoms with Crippen LogP contribution >= 0.6 is 11.8 Å². The van der Waals surface area contributed by atoms with Gasteiger partial charge < -0.3 is 24.5 Å². The third-order valence-electron chi connectivity index (χ3n) is 9.78. The molecule has 0 saturated carbocycles. The van der Waals surface area contributed by atoms with Crippen LogP contribution in [0.3, 0.4) is 0 Å². The molecule has 3 aromatic rings. The Bertz CT molecular complexity index is 1670. The van der Waals surface area contributed by atoms with Crippen molar-refractivity contribution in [3.05, 3.63) is 76.1 Å². The first kappa shape index (κ1) is 43.0. The second-order valence-electron chi connectivity index (χ2n) is 15.0. The number of para-hydroxylation sites is 2. The van der Waals surface area contributed by atoms with Gasteiger partial charge in [0.2, 0.25) is 0 Å². The average molecular weight is 760 g/mol. The summed E-state index contributed by atoms with van der Waals surface area (Å²) in [7, 11) is 0. The number of H-pyrrole nitrogens is 1. The van der Waals surface area contributed by atoms with Gasteiger partial charge in [0.15, 0.2) is 5.16 Å². The van der Waals surface area contributed by atoms with Crippen LogP contribution in [0.25, 0.3) is 11.0 Å². The predicted octanol–water partition coefficient (Wildman–Crippen LogP) is 11.5. The number of aryl methyl sites for hydroxylation is 1. The summed E-state index contributed by atoms with van der Waals surface area (Å²) in [5.41, 5.74) is 5.83. The zero-order chi connectivity index (χ0) is 38.9. The molecular formula is C45H65N3O5S. The number of hydrogen-bond acceptors (Lipinski definition) is 8. The second kappa shape index (κ2) is 22.6. The number of nitrogens with zero attached hydrogens (tertiary/aromatic N) is 1. The number of imidazole rings is 1. The number of unbranched alkanes of at least 4 members (excludes halogenated alkanes) is 12. The van der Waals surface area contributed by atoms with Gasteiger partial charge in [-0.05, 0) is 78.1 Å². The molecule has 0 radical (unpaired) electrons. The lowest BCUT2D eigenvalue weighted by Gasteiger charge is -2.34. The maximum absolute atomic E-state index is 14.2. The normalized spacial score (nSPS) is 14.6. The molecule has 8 nitrogen and oxygen atoms in total. The first-order chi connectivity index (χ1) is 26.1. The van der Waals surface area contributed by atoms with Gasteiger partial charge in [0, 0.05) is 22.7 Å². The van der Waals surface area contributed by atoms with E-state index in [4.69, 9.17) is 19.2 Å². The number of rotatable bonds is 24. The molecule has 0 saturated heterocycles. The Labute approximate surface area is 328 Å². The molecule has 0 bridgehead atoms. The molecule has 1 aliphatic rings. The van der Waals surface area contributed by atoms with E-state index in [1.165, 1.54) is 82.4 Å². The zero-order valence-corrected chi connectivity index (χ0v) is 34.8. The van der Waals surface area contributed by atoms with Crippen molar-refractivity contribution in [3.8, 4) is 5.75 Å². The highest BCUT2D eigenvalue weighted by Gasteiger charge is 2.41. The van der Waals surface area contributed by atoms with E-state index in [1.54, 1.807) is 6.92 Å². The molecule has 0 amide bonds. The highest BCUT2D eigenvalue weighted by atomic mass is 32.2. The fourth-order valence-corrected chi connectivity index (χ4v) is 8.11. The lowest BCUT2D eigenvalue weighted by molar-refractivity contribution is -0.143. The van der Waals surface area contributed by atoms with Crippen LogP contribution in [-0.2, 0) is 25.5 Å². The Kier molecular flexibility index (Phi) is 18.0. The summed E-state index contributed by atoms with van der Waals surface area (Å²) < 4.78 is 18.1. The van der Waals surface area contributed by atoms with Crippen LogP contribution < -0.4 is 10.1 Å². The van der Waals surface area contributed by atoms with Crippen molar-refractivity contribution in [2.24, 2.45) is 0 Å². The quantitative estimate of drug-likeness (QED) is 0.0529. The second-order valence-corrected chi connectivity index (χ2v) is 16.0. The lowest BCUT2D eigenvalue weighted by Crippen LogP contribution is -2.35. The average Bonchev–Trinajstić information content (AvgIpc) is 3.55. The van der Waals surface area contributed by atoms with Gasteiger partial charge in [-0.15, -0.1) is 0 Å². The Morgan fingerprint density at radius 1 is 0.778 bits per heavy atom. The van der Waals surface area contributed by atoms with E-state index in [0.29, 0.717) is 34.0 Å². The molecule has 0 fully saturated rings. The molecule has 2 N–H and O–H groups in total. The van der Waals surface area contributed by atoms with Gasteiger partial charge in [-0.1, -0.05) is 120 Å². The Morgan fingerprint density at radius 2 is 1.43 bits per heavy atom. The van der Waals surface area contributed by atoms with Crippen molar-refractivity contribution >= 4 is 34.7 Å². The number of esters is 2. The van der Waals surface area contributed by atoms with E-state index in [-0.39, 0.29) is 18.8 Å². The van der Waals surface area contributed by atoms with Gasteiger partial charge >= 0.3 is 11.9 Å². The molecule has 1 aromatic heterocycles. The monoisotopic (exact) mass is 759 g/mol. The number of thioether (sulfide) groups is 1. The summed E-state index contributed by atoms with van der Waals surface area (Å²) in [6.07, 6.45) is 17.0. The molecule has 4 rings (SSSR count). The summed E-state index contributed by atoms with van der Waals surface area (Å²) in [6, 6.07) is 14.0. The van der Waals surface area contributed by atoms with E-state index >= 15 is 0 Å². The number of allylic oxidation sites excluding steroid dienone is 1. The van der Waals surface area contributed by atoms with Crippen LogP contribution in [0.15, 0.2) is 70.2 Å². The molecule has 2 aromatic carbocycles. The third-order valence-corrected chi connectivity index (χ3v) is 10.7. The highest BCUT2D eigenvalue weighted by molar-refractivity contribution is 7.99. The standard InChI is InChI=1S/C45H65N3O5S/c1-8-10-11-12-13-14-15-16-17-18-19-20-21-25-34-26-24-29-38(52-31(3)4)40(34)42-39(44(50)53-32(5)6)33(7)46-37(41(42)43(49)51-9-2)30-54-45-47-35-27-22-23-28-36(35)48-45/h22-24,26-29,31-32,42,46H,8-21,25,30H2,1-7H3,(H,47,48). The summed E-state index contributed by atoms with van der Waals surface area (Å²) in [6.45, 7) is 13.8. The minimum Gasteiger partial charge on any atom is -0.491 e. The minimum atomic E-state index is -0.755. The molecular weight excluding hydrogens is 695 g/mol. The Balaban J connectivity index is 1.63. The Hall–Kier alpha value is -3.72. The number of hydrogen-bond donors (Lipinski definition) is 2. The van der Waals surface area contributed by atoms with Gasteiger partial charge in [-0.3, -0.25) is 0 Å². The number of ether oxygens (including phenoxy) is 3. The number of fused-ring (bicyclic) bond motifs is 1. The number of benzene rings is 2. The highest BCUT2D eigenvalue weighted by Crippen LogP contribution is 2.46. The summed E-state index contributed by atoms with van der Waals surface area (Å²) in [4.78, 5) is 36.4. The zero-order valence-electron chi connectivity index (χ0n) is 34.0. The predicted molar refractivity (Wildman–Crippen MR) is 222 cm³/mol. The van der Waals surface area contributed by atoms with Crippen LogP contribution in [-0.4, -0.2) is 46.5 Å². The van der Waals surface area contributed by atoms with Crippen LogP contribution in [0, 0.1) is 0 Å². The van der Waals surface area contributed by atoms with Crippen molar-refractivity contribution < 1.29 is 23.8 Å². The van der Waals surface area contributed by atoms with Crippen LogP contribution in [0.5, 0.6) is 5.75 Å². The smallest absolute Gasteiger partial charge is 0.337 e. The SMILES string of the molecule is CCCCCCCCCCCCCCCc1cccc(OC(C)C)c1C1C(C(=O)OC(C)C)=C(C)NC(CSc2nc3ccccc3[nH]2)=C1C(=O)OCC. The summed E-state index contributed by atoms with van der Waals surface area (Å²) in [5, 5.41) is 4.18. The number of dihydropyridines is 1. The van der Waals surface area contributed by atoms with E-state index in [2.05, 4.69) is 23.3 Å². The van der Waals surface area contributed by atoms with Crippen LogP contribution in [0.2, 0.25) is 0 Å².